The van der Waals surface area contributed by atoms with Gasteiger partial charge >= 0.3 is 0 Å². The van der Waals surface area contributed by atoms with Crippen molar-refractivity contribution in [3.05, 3.63) is 58.9 Å². The summed E-state index contributed by atoms with van der Waals surface area (Å²) in [5.74, 6) is 0. The van der Waals surface area contributed by atoms with Crippen LogP contribution in [0.3, 0.4) is 0 Å². The molecule has 0 radical (unpaired) electrons. The molecule has 4 rings (SSSR count). The van der Waals surface area contributed by atoms with Crippen LogP contribution in [-0.4, -0.2) is 38.4 Å². The second kappa shape index (κ2) is 6.97. The number of nitrogens with zero attached hydrogens (tertiary/aromatic N) is 3. The molecule has 2 aromatic heterocycles. The van der Waals surface area contributed by atoms with E-state index >= 15 is 0 Å². The van der Waals surface area contributed by atoms with Crippen molar-refractivity contribution in [3.63, 3.8) is 0 Å². The van der Waals surface area contributed by atoms with Crippen molar-refractivity contribution < 1.29 is 13.9 Å². The first kappa shape index (κ1) is 16.9. The summed E-state index contributed by atoms with van der Waals surface area (Å²) in [5.41, 5.74) is 0.402. The fourth-order valence-corrected chi connectivity index (χ4v) is 3.23. The minimum atomic E-state index is -0.989. The van der Waals surface area contributed by atoms with E-state index in [4.69, 9.17) is 9.47 Å². The standard InChI is InChI=1S/C18H19FN4O3/c19-9-18(10-25-8-13-4-2-1-3-5-13)7-6-14(26-18)23-12-22-15-16(23)20-11-21-17(15)24/h1-5,11-12,14H,6-10H2,(H,20,21,24)/t14-,18+/m1/s1. The zero-order chi connectivity index (χ0) is 18.0. The van der Waals surface area contributed by atoms with Gasteiger partial charge in [-0.05, 0) is 18.4 Å². The second-order valence-electron chi connectivity index (χ2n) is 6.46. The zero-order valence-electron chi connectivity index (χ0n) is 14.1. The summed E-state index contributed by atoms with van der Waals surface area (Å²) >= 11 is 0. The van der Waals surface area contributed by atoms with Gasteiger partial charge < -0.3 is 14.5 Å². The van der Waals surface area contributed by atoms with E-state index in [1.165, 1.54) is 12.7 Å². The first-order valence-electron chi connectivity index (χ1n) is 8.46. The fraction of sp³-hybridized carbons (Fsp3) is 0.389. The quantitative estimate of drug-likeness (QED) is 0.731. The highest BCUT2D eigenvalue weighted by Gasteiger charge is 2.42. The number of alkyl halides is 1. The lowest BCUT2D eigenvalue weighted by molar-refractivity contribution is -0.123. The Kier molecular flexibility index (Phi) is 4.52. The van der Waals surface area contributed by atoms with Gasteiger partial charge in [-0.25, -0.2) is 14.4 Å². The van der Waals surface area contributed by atoms with Gasteiger partial charge in [0.05, 0.1) is 25.9 Å². The smallest absolute Gasteiger partial charge is 0.278 e. The highest BCUT2D eigenvalue weighted by atomic mass is 19.1. The maximum Gasteiger partial charge on any atom is 0.278 e. The summed E-state index contributed by atoms with van der Waals surface area (Å²) in [4.78, 5) is 22.5. The Hall–Kier alpha value is -2.58. The van der Waals surface area contributed by atoms with Gasteiger partial charge in [-0.2, -0.15) is 0 Å². The van der Waals surface area contributed by atoms with Crippen LogP contribution in [0.4, 0.5) is 4.39 Å². The number of nitrogens with one attached hydrogen (secondary N) is 1. The normalized spacial score (nSPS) is 22.9. The molecule has 1 aliphatic rings. The number of imidazole rings is 1. The number of hydrogen-bond donors (Lipinski definition) is 1. The molecule has 3 aromatic rings. The largest absolute Gasteiger partial charge is 0.374 e. The Morgan fingerprint density at radius 1 is 1.35 bits per heavy atom. The number of benzene rings is 1. The molecule has 8 heteroatoms. The predicted octanol–water partition coefficient (Wildman–Crippen LogP) is 2.35. The third-order valence-corrected chi connectivity index (χ3v) is 4.63. The third kappa shape index (κ3) is 3.13. The van der Waals surface area contributed by atoms with E-state index in [9.17, 15) is 9.18 Å². The molecule has 1 N–H and O–H groups in total. The molecule has 2 atom stereocenters. The van der Waals surface area contributed by atoms with E-state index in [0.717, 1.165) is 5.56 Å². The van der Waals surface area contributed by atoms with Crippen molar-refractivity contribution in [2.75, 3.05) is 13.3 Å². The molecular weight excluding hydrogens is 339 g/mol. The molecule has 1 aliphatic heterocycles. The molecule has 136 valence electrons. The second-order valence-corrected chi connectivity index (χ2v) is 6.46. The maximum atomic E-state index is 13.8. The van der Waals surface area contributed by atoms with E-state index < -0.39 is 18.5 Å². The molecule has 0 amide bonds. The number of aromatic nitrogens is 4. The molecule has 3 heterocycles. The molecule has 1 fully saturated rings. The lowest BCUT2D eigenvalue weighted by Gasteiger charge is -2.26. The van der Waals surface area contributed by atoms with Crippen LogP contribution in [0.5, 0.6) is 0 Å². The molecule has 1 aromatic carbocycles. The van der Waals surface area contributed by atoms with Gasteiger partial charge in [-0.1, -0.05) is 30.3 Å². The number of H-pyrrole nitrogens is 1. The fourth-order valence-electron chi connectivity index (χ4n) is 3.23. The lowest BCUT2D eigenvalue weighted by Crippen LogP contribution is -2.37. The average Bonchev–Trinajstić information content (AvgIpc) is 3.28. The van der Waals surface area contributed by atoms with Gasteiger partial charge in [-0.3, -0.25) is 9.36 Å². The summed E-state index contributed by atoms with van der Waals surface area (Å²) in [7, 11) is 0. The van der Waals surface area contributed by atoms with Crippen molar-refractivity contribution in [2.24, 2.45) is 0 Å². The monoisotopic (exact) mass is 358 g/mol. The Labute approximate surface area is 148 Å². The number of halogens is 1. The highest BCUT2D eigenvalue weighted by molar-refractivity contribution is 5.68. The van der Waals surface area contributed by atoms with Crippen LogP contribution in [0.2, 0.25) is 0 Å². The van der Waals surface area contributed by atoms with E-state index in [-0.39, 0.29) is 17.7 Å². The van der Waals surface area contributed by atoms with Crippen LogP contribution in [0, 0.1) is 0 Å². The topological polar surface area (TPSA) is 82.0 Å². The summed E-state index contributed by atoms with van der Waals surface area (Å²) in [5, 5.41) is 0. The highest BCUT2D eigenvalue weighted by Crippen LogP contribution is 2.38. The van der Waals surface area contributed by atoms with Crippen molar-refractivity contribution in [1.82, 2.24) is 19.5 Å². The van der Waals surface area contributed by atoms with Gasteiger partial charge in [-0.15, -0.1) is 0 Å². The molecular formula is C18H19FN4O3. The van der Waals surface area contributed by atoms with Gasteiger partial charge in [0.25, 0.3) is 5.56 Å². The van der Waals surface area contributed by atoms with Gasteiger partial charge in [0.2, 0.25) is 0 Å². The molecule has 7 nitrogen and oxygen atoms in total. The number of aromatic amines is 1. The maximum absolute atomic E-state index is 13.8. The summed E-state index contributed by atoms with van der Waals surface area (Å²) in [6, 6.07) is 9.73. The number of rotatable bonds is 6. The molecule has 0 spiro atoms. The van der Waals surface area contributed by atoms with Crippen molar-refractivity contribution in [1.29, 1.82) is 0 Å². The summed E-state index contributed by atoms with van der Waals surface area (Å²) in [6.45, 7) is -0.0734. The molecule has 0 unspecified atom stereocenters. The zero-order valence-corrected chi connectivity index (χ0v) is 14.1. The SMILES string of the molecule is O=c1[nH]cnc2c1ncn2[C@H]1CC[C@](CF)(COCc2ccccc2)O1. The minimum Gasteiger partial charge on any atom is -0.374 e. The van der Waals surface area contributed by atoms with E-state index in [2.05, 4.69) is 15.0 Å². The molecule has 26 heavy (non-hydrogen) atoms. The van der Waals surface area contributed by atoms with E-state index in [1.54, 1.807) is 4.57 Å². The van der Waals surface area contributed by atoms with Gasteiger partial charge in [0.15, 0.2) is 11.2 Å². The number of hydrogen-bond acceptors (Lipinski definition) is 5. The molecule has 0 aliphatic carbocycles. The minimum absolute atomic E-state index is 0.162. The summed E-state index contributed by atoms with van der Waals surface area (Å²) < 4.78 is 27.2. The molecule has 0 saturated carbocycles. The van der Waals surface area contributed by atoms with Crippen LogP contribution in [0.15, 0.2) is 47.8 Å². The lowest BCUT2D eigenvalue weighted by atomic mass is 10.0. The van der Waals surface area contributed by atoms with Crippen LogP contribution < -0.4 is 5.56 Å². The van der Waals surface area contributed by atoms with E-state index in [0.29, 0.717) is 25.1 Å². The van der Waals surface area contributed by atoms with Crippen LogP contribution >= 0.6 is 0 Å². The van der Waals surface area contributed by atoms with Crippen molar-refractivity contribution in [2.45, 2.75) is 31.3 Å². The van der Waals surface area contributed by atoms with Crippen LogP contribution in [0.1, 0.15) is 24.6 Å². The first-order valence-corrected chi connectivity index (χ1v) is 8.46. The van der Waals surface area contributed by atoms with Crippen molar-refractivity contribution in [3.8, 4) is 0 Å². The Bertz CT molecular complexity index is 942. The Balaban J connectivity index is 1.46. The predicted molar refractivity (Wildman–Crippen MR) is 92.3 cm³/mol. The Morgan fingerprint density at radius 3 is 3.00 bits per heavy atom. The third-order valence-electron chi connectivity index (χ3n) is 4.63. The van der Waals surface area contributed by atoms with Crippen LogP contribution in [0.25, 0.3) is 11.2 Å². The van der Waals surface area contributed by atoms with E-state index in [1.807, 2.05) is 30.3 Å². The molecule has 1 saturated heterocycles. The molecule has 0 bridgehead atoms. The Morgan fingerprint density at radius 2 is 2.19 bits per heavy atom. The summed E-state index contributed by atoms with van der Waals surface area (Å²) in [6.07, 6.45) is 3.52. The first-order chi connectivity index (χ1) is 12.7. The number of ether oxygens (including phenoxy) is 2. The van der Waals surface area contributed by atoms with Gasteiger partial charge in [0, 0.05) is 0 Å². The average molecular weight is 358 g/mol. The van der Waals surface area contributed by atoms with Crippen LogP contribution in [-0.2, 0) is 16.1 Å². The van der Waals surface area contributed by atoms with Crippen molar-refractivity contribution >= 4 is 11.2 Å². The number of fused-ring (bicyclic) bond motifs is 1. The van der Waals surface area contributed by atoms with Gasteiger partial charge in [0.1, 0.15) is 18.5 Å².